The van der Waals surface area contributed by atoms with E-state index in [0.717, 1.165) is 30.1 Å². The fourth-order valence-electron chi connectivity index (χ4n) is 1.96. The zero-order chi connectivity index (χ0) is 15.8. The summed E-state index contributed by atoms with van der Waals surface area (Å²) in [5, 5.41) is 6.03. The molecule has 2 N–H and O–H groups in total. The monoisotopic (exact) mass is 299 g/mol. The molecule has 0 bridgehead atoms. The smallest absolute Gasteiger partial charge is 0.228 e. The van der Waals surface area contributed by atoms with Crippen molar-refractivity contribution in [2.75, 3.05) is 24.3 Å². The molecule has 116 valence electrons. The van der Waals surface area contributed by atoms with Crippen LogP contribution in [0.2, 0.25) is 0 Å². The Morgan fingerprint density at radius 2 is 1.95 bits per heavy atom. The highest BCUT2D eigenvalue weighted by Gasteiger charge is 2.05. The van der Waals surface area contributed by atoms with Crippen LogP contribution in [0, 0.1) is 0 Å². The first kappa shape index (κ1) is 15.8. The molecule has 0 saturated carbocycles. The van der Waals surface area contributed by atoms with Crippen LogP contribution in [-0.2, 0) is 11.2 Å². The molecule has 0 fully saturated rings. The van der Waals surface area contributed by atoms with Crippen molar-refractivity contribution in [1.29, 1.82) is 0 Å². The Morgan fingerprint density at radius 3 is 2.55 bits per heavy atom. The van der Waals surface area contributed by atoms with Crippen LogP contribution >= 0.6 is 0 Å². The molecule has 1 amide bonds. The summed E-state index contributed by atoms with van der Waals surface area (Å²) in [7, 11) is 1.62. The number of carbonyl (C=O) groups is 1. The van der Waals surface area contributed by atoms with E-state index in [9.17, 15) is 4.79 Å². The first-order valence-corrected chi connectivity index (χ1v) is 7.34. The van der Waals surface area contributed by atoms with E-state index in [1.807, 2.05) is 36.4 Å². The van der Waals surface area contributed by atoms with Crippen molar-refractivity contribution in [3.63, 3.8) is 0 Å². The third-order valence-corrected chi connectivity index (χ3v) is 3.13. The lowest BCUT2D eigenvalue weighted by Crippen LogP contribution is -2.14. The molecule has 22 heavy (non-hydrogen) atoms. The van der Waals surface area contributed by atoms with Crippen molar-refractivity contribution in [1.82, 2.24) is 4.98 Å². The van der Waals surface area contributed by atoms with Crippen LogP contribution in [0.5, 0.6) is 5.75 Å². The Kier molecular flexibility index (Phi) is 5.77. The second kappa shape index (κ2) is 8.02. The van der Waals surface area contributed by atoms with Crippen LogP contribution in [0.3, 0.4) is 0 Å². The van der Waals surface area contributed by atoms with Crippen LogP contribution < -0.4 is 15.4 Å². The number of amides is 1. The maximum atomic E-state index is 12.0. The summed E-state index contributed by atoms with van der Waals surface area (Å²) >= 11 is 0. The number of anilines is 2. The van der Waals surface area contributed by atoms with Crippen molar-refractivity contribution in [2.24, 2.45) is 0 Å². The molecule has 5 heteroatoms. The third-order valence-electron chi connectivity index (χ3n) is 3.13. The van der Waals surface area contributed by atoms with Gasteiger partial charge >= 0.3 is 0 Å². The van der Waals surface area contributed by atoms with Crippen molar-refractivity contribution in [2.45, 2.75) is 19.8 Å². The minimum atomic E-state index is -0.0683. The number of rotatable bonds is 7. The van der Waals surface area contributed by atoms with Gasteiger partial charge < -0.3 is 15.4 Å². The molecule has 1 aromatic heterocycles. The van der Waals surface area contributed by atoms with Gasteiger partial charge in [-0.2, -0.15) is 0 Å². The Morgan fingerprint density at radius 1 is 1.18 bits per heavy atom. The number of methoxy groups -OCH3 is 1. The molecule has 1 heterocycles. The number of nitrogens with one attached hydrogen (secondary N) is 2. The Labute approximate surface area is 130 Å². The maximum Gasteiger partial charge on any atom is 0.228 e. The number of hydrogen-bond acceptors (Lipinski definition) is 4. The lowest BCUT2D eigenvalue weighted by Gasteiger charge is -2.07. The Balaban J connectivity index is 1.88. The highest BCUT2D eigenvalue weighted by Crippen LogP contribution is 2.13. The van der Waals surface area contributed by atoms with Crippen molar-refractivity contribution in [3.8, 4) is 5.75 Å². The third kappa shape index (κ3) is 4.77. The zero-order valence-corrected chi connectivity index (χ0v) is 12.9. The fraction of sp³-hybridized carbons (Fsp3) is 0.294. The van der Waals surface area contributed by atoms with Gasteiger partial charge in [0.05, 0.1) is 25.4 Å². The maximum absolute atomic E-state index is 12.0. The number of hydrogen-bond donors (Lipinski definition) is 2. The van der Waals surface area contributed by atoms with Crippen molar-refractivity contribution in [3.05, 3.63) is 48.2 Å². The normalized spacial score (nSPS) is 10.1. The average molecular weight is 299 g/mol. The average Bonchev–Trinajstić information content (AvgIpc) is 2.55. The van der Waals surface area contributed by atoms with Crippen LogP contribution in [0.4, 0.5) is 11.5 Å². The van der Waals surface area contributed by atoms with Gasteiger partial charge in [-0.05, 0) is 36.2 Å². The van der Waals surface area contributed by atoms with Gasteiger partial charge in [0.15, 0.2) is 0 Å². The summed E-state index contributed by atoms with van der Waals surface area (Å²) in [5.74, 6) is 1.53. The van der Waals surface area contributed by atoms with E-state index < -0.39 is 0 Å². The molecule has 1 aromatic carbocycles. The molecule has 5 nitrogen and oxygen atoms in total. The summed E-state index contributed by atoms with van der Waals surface area (Å²) in [4.78, 5) is 16.3. The predicted octanol–water partition coefficient (Wildman–Crippen LogP) is 3.09. The largest absolute Gasteiger partial charge is 0.497 e. The lowest BCUT2D eigenvalue weighted by molar-refractivity contribution is -0.115. The molecule has 0 aliphatic heterocycles. The van der Waals surface area contributed by atoms with Crippen molar-refractivity contribution < 1.29 is 9.53 Å². The molecular formula is C17H21N3O2. The van der Waals surface area contributed by atoms with Crippen LogP contribution in [0.25, 0.3) is 0 Å². The number of benzene rings is 1. The second-order valence-corrected chi connectivity index (χ2v) is 4.93. The molecule has 2 rings (SSSR count). The van der Waals surface area contributed by atoms with Crippen LogP contribution in [0.15, 0.2) is 42.6 Å². The van der Waals surface area contributed by atoms with Gasteiger partial charge in [-0.25, -0.2) is 4.98 Å². The fourth-order valence-corrected chi connectivity index (χ4v) is 1.96. The summed E-state index contributed by atoms with van der Waals surface area (Å²) in [5.41, 5.74) is 1.63. The topological polar surface area (TPSA) is 63.2 Å². The molecular weight excluding hydrogens is 278 g/mol. The highest BCUT2D eigenvalue weighted by atomic mass is 16.5. The van der Waals surface area contributed by atoms with E-state index in [4.69, 9.17) is 4.74 Å². The second-order valence-electron chi connectivity index (χ2n) is 4.93. The summed E-state index contributed by atoms with van der Waals surface area (Å²) < 4.78 is 5.09. The minimum absolute atomic E-state index is 0.0683. The van der Waals surface area contributed by atoms with E-state index in [2.05, 4.69) is 22.5 Å². The summed E-state index contributed by atoms with van der Waals surface area (Å²) in [6.07, 6.45) is 3.02. The van der Waals surface area contributed by atoms with Gasteiger partial charge in [0, 0.05) is 6.54 Å². The number of carbonyl (C=O) groups excluding carboxylic acids is 1. The molecule has 0 aliphatic rings. The van der Waals surface area contributed by atoms with Gasteiger partial charge in [0.2, 0.25) is 5.91 Å². The predicted molar refractivity (Wildman–Crippen MR) is 88.3 cm³/mol. The van der Waals surface area contributed by atoms with Crippen molar-refractivity contribution >= 4 is 17.4 Å². The molecule has 0 radical (unpaired) electrons. The first-order valence-electron chi connectivity index (χ1n) is 7.34. The van der Waals surface area contributed by atoms with Gasteiger partial charge in [-0.1, -0.05) is 19.1 Å². The molecule has 0 aliphatic carbocycles. The standard InChI is InChI=1S/C17H21N3O2/c1-3-10-18-16-9-6-14(12-19-16)20-17(21)11-13-4-7-15(22-2)8-5-13/h4-9,12H,3,10-11H2,1-2H3,(H,18,19)(H,20,21). The van der Waals surface area contributed by atoms with E-state index >= 15 is 0 Å². The van der Waals surface area contributed by atoms with Gasteiger partial charge in [-0.3, -0.25) is 4.79 Å². The molecule has 0 spiro atoms. The van der Waals surface area contributed by atoms with E-state index in [1.165, 1.54) is 0 Å². The molecule has 0 unspecified atom stereocenters. The quantitative estimate of drug-likeness (QED) is 0.824. The van der Waals surface area contributed by atoms with E-state index in [-0.39, 0.29) is 5.91 Å². The molecule has 0 atom stereocenters. The lowest BCUT2D eigenvalue weighted by atomic mass is 10.1. The molecule has 2 aromatic rings. The Hall–Kier alpha value is -2.56. The van der Waals surface area contributed by atoms with Gasteiger partial charge in [0.25, 0.3) is 0 Å². The summed E-state index contributed by atoms with van der Waals surface area (Å²) in [6.45, 7) is 2.98. The van der Waals surface area contributed by atoms with Crippen LogP contribution in [0.1, 0.15) is 18.9 Å². The van der Waals surface area contributed by atoms with E-state index in [1.54, 1.807) is 13.3 Å². The zero-order valence-electron chi connectivity index (χ0n) is 12.9. The Bertz CT molecular complexity index is 594. The number of pyridine rings is 1. The van der Waals surface area contributed by atoms with Crippen LogP contribution in [-0.4, -0.2) is 24.5 Å². The summed E-state index contributed by atoms with van der Waals surface area (Å²) in [6, 6.07) is 11.2. The molecule has 0 saturated heterocycles. The van der Waals surface area contributed by atoms with E-state index in [0.29, 0.717) is 12.1 Å². The highest BCUT2D eigenvalue weighted by molar-refractivity contribution is 5.92. The van der Waals surface area contributed by atoms with Gasteiger partial charge in [0.1, 0.15) is 11.6 Å². The number of aromatic nitrogens is 1. The minimum Gasteiger partial charge on any atom is -0.497 e. The van der Waals surface area contributed by atoms with Gasteiger partial charge in [-0.15, -0.1) is 0 Å². The number of ether oxygens (including phenoxy) is 1. The number of nitrogens with zero attached hydrogens (tertiary/aromatic N) is 1. The SMILES string of the molecule is CCCNc1ccc(NC(=O)Cc2ccc(OC)cc2)cn1. The first-order chi connectivity index (χ1) is 10.7.